The molecule has 0 spiro atoms. The van der Waals surface area contributed by atoms with Gasteiger partial charge < -0.3 is 10.2 Å². The quantitative estimate of drug-likeness (QED) is 0.839. The monoisotopic (exact) mass is 310 g/mol. The number of hydrogen-bond acceptors (Lipinski definition) is 2. The number of amides is 1. The van der Waals surface area contributed by atoms with Gasteiger partial charge in [0.25, 0.3) is 0 Å². The van der Waals surface area contributed by atoms with Crippen LogP contribution >= 0.6 is 15.9 Å². The van der Waals surface area contributed by atoms with Crippen LogP contribution in [-0.2, 0) is 4.79 Å². The second-order valence-corrected chi connectivity index (χ2v) is 5.54. The minimum absolute atomic E-state index is 0.168. The van der Waals surface area contributed by atoms with Crippen molar-refractivity contribution in [3.8, 4) is 0 Å². The van der Waals surface area contributed by atoms with Crippen LogP contribution in [0.1, 0.15) is 32.6 Å². The smallest absolute Gasteiger partial charge is 0.246 e. The molecule has 0 aromatic heterocycles. The maximum absolute atomic E-state index is 12.0. The van der Waals surface area contributed by atoms with Gasteiger partial charge in [0.15, 0.2) is 0 Å². The van der Waals surface area contributed by atoms with Crippen molar-refractivity contribution in [2.75, 3.05) is 23.3 Å². The van der Waals surface area contributed by atoms with Gasteiger partial charge in [-0.2, -0.15) is 0 Å². The van der Waals surface area contributed by atoms with E-state index in [9.17, 15) is 4.79 Å². The first-order valence-electron chi connectivity index (χ1n) is 6.56. The van der Waals surface area contributed by atoms with Gasteiger partial charge in [-0.25, -0.2) is 0 Å². The summed E-state index contributed by atoms with van der Waals surface area (Å²) in [6.45, 7) is 3.43. The molecule has 0 aliphatic carbocycles. The van der Waals surface area contributed by atoms with E-state index in [4.69, 9.17) is 0 Å². The lowest BCUT2D eigenvalue weighted by atomic mass is 10.1. The number of nitrogens with one attached hydrogen (secondary N) is 1. The molecule has 1 aromatic carbocycles. The van der Waals surface area contributed by atoms with Crippen LogP contribution in [0.25, 0.3) is 0 Å². The molecule has 0 atom stereocenters. The number of halogens is 1. The third-order valence-corrected chi connectivity index (χ3v) is 3.71. The number of unbranched alkanes of at least 4 members (excludes halogenated alkanes) is 3. The number of anilines is 2. The molecule has 18 heavy (non-hydrogen) atoms. The van der Waals surface area contributed by atoms with Crippen molar-refractivity contribution >= 4 is 33.2 Å². The Hall–Kier alpha value is -1.03. The molecule has 0 fully saturated rings. The SMILES string of the molecule is CCCCCCN1C(=O)CNc2cc(Br)ccc21. The van der Waals surface area contributed by atoms with Crippen molar-refractivity contribution in [2.24, 2.45) is 0 Å². The molecule has 1 heterocycles. The average molecular weight is 311 g/mol. The molecule has 1 aliphatic heterocycles. The molecule has 0 bridgehead atoms. The summed E-state index contributed by atoms with van der Waals surface area (Å²) in [6.07, 6.45) is 4.74. The fourth-order valence-electron chi connectivity index (χ4n) is 2.23. The predicted molar refractivity (Wildman–Crippen MR) is 79.1 cm³/mol. The summed E-state index contributed by atoms with van der Waals surface area (Å²) in [5, 5.41) is 3.16. The second-order valence-electron chi connectivity index (χ2n) is 4.62. The van der Waals surface area contributed by atoms with Crippen molar-refractivity contribution in [3.05, 3.63) is 22.7 Å². The predicted octanol–water partition coefficient (Wildman–Crippen LogP) is 3.79. The van der Waals surface area contributed by atoms with Gasteiger partial charge in [-0.1, -0.05) is 42.1 Å². The molecule has 1 aliphatic rings. The molecular weight excluding hydrogens is 292 g/mol. The number of carbonyl (C=O) groups is 1. The van der Waals surface area contributed by atoms with Crippen molar-refractivity contribution in [1.29, 1.82) is 0 Å². The Morgan fingerprint density at radius 3 is 2.94 bits per heavy atom. The number of benzene rings is 1. The summed E-state index contributed by atoms with van der Waals surface area (Å²) >= 11 is 3.46. The van der Waals surface area contributed by atoms with Gasteiger partial charge in [0, 0.05) is 11.0 Å². The van der Waals surface area contributed by atoms with E-state index >= 15 is 0 Å². The minimum atomic E-state index is 0.168. The van der Waals surface area contributed by atoms with Gasteiger partial charge in [0.2, 0.25) is 5.91 Å². The number of nitrogens with zero attached hydrogens (tertiary/aromatic N) is 1. The highest BCUT2D eigenvalue weighted by atomic mass is 79.9. The van der Waals surface area contributed by atoms with Crippen LogP contribution in [0.2, 0.25) is 0 Å². The van der Waals surface area contributed by atoms with Gasteiger partial charge >= 0.3 is 0 Å². The number of hydrogen-bond donors (Lipinski definition) is 1. The molecule has 1 N–H and O–H groups in total. The summed E-state index contributed by atoms with van der Waals surface area (Å²) in [5.41, 5.74) is 2.05. The third kappa shape index (κ3) is 3.05. The molecule has 3 nitrogen and oxygen atoms in total. The van der Waals surface area contributed by atoms with Crippen molar-refractivity contribution in [2.45, 2.75) is 32.6 Å². The first kappa shape index (κ1) is 13.4. The zero-order valence-electron chi connectivity index (χ0n) is 10.7. The Morgan fingerprint density at radius 2 is 2.17 bits per heavy atom. The third-order valence-electron chi connectivity index (χ3n) is 3.22. The van der Waals surface area contributed by atoms with Gasteiger partial charge in [-0.3, -0.25) is 4.79 Å². The lowest BCUT2D eigenvalue weighted by Crippen LogP contribution is -2.40. The van der Waals surface area contributed by atoms with Gasteiger partial charge in [0.05, 0.1) is 17.9 Å². The van der Waals surface area contributed by atoms with Gasteiger partial charge in [-0.15, -0.1) is 0 Å². The van der Waals surface area contributed by atoms with Crippen molar-refractivity contribution in [1.82, 2.24) is 0 Å². The second kappa shape index (κ2) is 6.23. The van der Waals surface area contributed by atoms with E-state index in [1.165, 1.54) is 19.3 Å². The highest BCUT2D eigenvalue weighted by molar-refractivity contribution is 9.10. The van der Waals surface area contributed by atoms with Crippen LogP contribution < -0.4 is 10.2 Å². The number of rotatable bonds is 5. The van der Waals surface area contributed by atoms with Crippen LogP contribution in [0, 0.1) is 0 Å². The van der Waals surface area contributed by atoms with Crippen LogP contribution in [0.4, 0.5) is 11.4 Å². The van der Waals surface area contributed by atoms with Crippen molar-refractivity contribution < 1.29 is 4.79 Å². The fraction of sp³-hybridized carbons (Fsp3) is 0.500. The summed E-state index contributed by atoms with van der Waals surface area (Å²) in [4.78, 5) is 13.9. The zero-order chi connectivity index (χ0) is 13.0. The average Bonchev–Trinajstić information content (AvgIpc) is 2.37. The van der Waals surface area contributed by atoms with Crippen LogP contribution in [-0.4, -0.2) is 19.0 Å². The minimum Gasteiger partial charge on any atom is -0.374 e. The lowest BCUT2D eigenvalue weighted by molar-refractivity contribution is -0.117. The first-order valence-corrected chi connectivity index (χ1v) is 7.35. The zero-order valence-corrected chi connectivity index (χ0v) is 12.3. The van der Waals surface area contributed by atoms with Crippen LogP contribution in [0.3, 0.4) is 0 Å². The van der Waals surface area contributed by atoms with Gasteiger partial charge in [-0.05, 0) is 24.6 Å². The Kier molecular flexibility index (Phi) is 4.64. The molecule has 4 heteroatoms. The Labute approximate surface area is 117 Å². The maximum Gasteiger partial charge on any atom is 0.246 e. The Balaban J connectivity index is 2.08. The largest absolute Gasteiger partial charge is 0.374 e. The molecule has 98 valence electrons. The lowest BCUT2D eigenvalue weighted by Gasteiger charge is -2.30. The molecule has 1 amide bonds. The first-order chi connectivity index (χ1) is 8.72. The summed E-state index contributed by atoms with van der Waals surface area (Å²) in [7, 11) is 0. The molecular formula is C14H19BrN2O. The summed E-state index contributed by atoms with van der Waals surface area (Å²) in [5.74, 6) is 0.168. The van der Waals surface area contributed by atoms with Gasteiger partial charge in [0.1, 0.15) is 0 Å². The number of fused-ring (bicyclic) bond motifs is 1. The molecule has 1 aromatic rings. The fourth-order valence-corrected chi connectivity index (χ4v) is 2.59. The Morgan fingerprint density at radius 1 is 1.33 bits per heavy atom. The molecule has 0 saturated heterocycles. The Bertz CT molecular complexity index is 434. The number of carbonyl (C=O) groups excluding carboxylic acids is 1. The normalized spacial score (nSPS) is 14.3. The van der Waals surface area contributed by atoms with Crippen molar-refractivity contribution in [3.63, 3.8) is 0 Å². The molecule has 2 rings (SSSR count). The summed E-state index contributed by atoms with van der Waals surface area (Å²) < 4.78 is 1.04. The maximum atomic E-state index is 12.0. The standard InChI is InChI=1S/C14H19BrN2O/c1-2-3-4-5-8-17-13-7-6-11(15)9-12(13)16-10-14(17)18/h6-7,9,16H,2-5,8,10H2,1H3. The highest BCUT2D eigenvalue weighted by Gasteiger charge is 2.23. The van der Waals surface area contributed by atoms with Crippen LogP contribution in [0.15, 0.2) is 22.7 Å². The van der Waals surface area contributed by atoms with E-state index in [-0.39, 0.29) is 5.91 Å². The van der Waals surface area contributed by atoms with E-state index < -0.39 is 0 Å². The van der Waals surface area contributed by atoms with Crippen LogP contribution in [0.5, 0.6) is 0 Å². The molecule has 0 radical (unpaired) electrons. The van der Waals surface area contributed by atoms with E-state index in [0.29, 0.717) is 6.54 Å². The molecule has 0 unspecified atom stereocenters. The molecule has 0 saturated carbocycles. The topological polar surface area (TPSA) is 32.3 Å². The van der Waals surface area contributed by atoms with E-state index in [1.54, 1.807) is 0 Å². The van der Waals surface area contributed by atoms with E-state index in [0.717, 1.165) is 28.8 Å². The van der Waals surface area contributed by atoms with E-state index in [2.05, 4.69) is 28.2 Å². The summed E-state index contributed by atoms with van der Waals surface area (Å²) in [6, 6.07) is 6.02. The highest BCUT2D eigenvalue weighted by Crippen LogP contribution is 2.32. The van der Waals surface area contributed by atoms with E-state index in [1.807, 2.05) is 23.1 Å².